The quantitative estimate of drug-likeness (QED) is 0.762. The van der Waals surface area contributed by atoms with Crippen molar-refractivity contribution in [2.75, 3.05) is 32.4 Å². The van der Waals surface area contributed by atoms with Crippen LogP contribution in [-0.2, 0) is 10.0 Å². The normalized spacial score (nSPS) is 15.7. The molecule has 1 saturated heterocycles. The van der Waals surface area contributed by atoms with Gasteiger partial charge in [-0.1, -0.05) is 26.0 Å². The van der Waals surface area contributed by atoms with Gasteiger partial charge < -0.3 is 4.90 Å². The minimum atomic E-state index is -3.28. The second kappa shape index (κ2) is 8.12. The Kier molecular flexibility index (Phi) is 5.95. The summed E-state index contributed by atoms with van der Waals surface area (Å²) in [6, 6.07) is 9.50. The van der Waals surface area contributed by atoms with E-state index in [0.29, 0.717) is 11.5 Å². The summed E-state index contributed by atoms with van der Waals surface area (Å²) in [6.07, 6.45) is 2.85. The zero-order valence-electron chi connectivity index (χ0n) is 17.3. The Balaban J connectivity index is 1.93. The van der Waals surface area contributed by atoms with E-state index in [9.17, 15) is 18.0 Å². The van der Waals surface area contributed by atoms with Gasteiger partial charge >= 0.3 is 0 Å². The molecule has 156 valence electrons. The summed E-state index contributed by atoms with van der Waals surface area (Å²) < 4.78 is 26.2. The van der Waals surface area contributed by atoms with E-state index in [0.717, 1.165) is 17.5 Å². The Labute approximate surface area is 171 Å². The molecule has 1 amide bonds. The van der Waals surface area contributed by atoms with Gasteiger partial charge in [-0.25, -0.2) is 8.42 Å². The van der Waals surface area contributed by atoms with E-state index in [1.54, 1.807) is 24.1 Å². The lowest BCUT2D eigenvalue weighted by Gasteiger charge is -2.33. The molecule has 0 spiro atoms. The molecule has 1 aromatic carbocycles. The topological polar surface area (TPSA) is 79.7 Å². The first kappa shape index (κ1) is 21.3. The Morgan fingerprint density at radius 1 is 1.07 bits per heavy atom. The maximum Gasteiger partial charge on any atom is 0.268 e. The Hall–Kier alpha value is -2.45. The van der Waals surface area contributed by atoms with Crippen LogP contribution in [0.4, 0.5) is 0 Å². The molecule has 1 aliphatic rings. The van der Waals surface area contributed by atoms with Crippen molar-refractivity contribution in [1.82, 2.24) is 13.8 Å². The molecule has 3 rings (SSSR count). The Morgan fingerprint density at radius 2 is 1.72 bits per heavy atom. The van der Waals surface area contributed by atoms with Crippen LogP contribution in [0.3, 0.4) is 0 Å². The fourth-order valence-corrected chi connectivity index (χ4v) is 4.33. The summed E-state index contributed by atoms with van der Waals surface area (Å²) in [5, 5.41) is 0. The molecule has 2 heterocycles. The number of nitrogens with zero attached hydrogens (tertiary/aromatic N) is 3. The maximum atomic E-state index is 13.2. The first-order valence-electron chi connectivity index (χ1n) is 9.66. The highest BCUT2D eigenvalue weighted by molar-refractivity contribution is 7.88. The number of carbonyl (C=O) groups is 1. The third-order valence-electron chi connectivity index (χ3n) is 5.32. The fourth-order valence-electron chi connectivity index (χ4n) is 3.50. The van der Waals surface area contributed by atoms with Gasteiger partial charge in [0.2, 0.25) is 10.0 Å². The molecule has 0 bridgehead atoms. The van der Waals surface area contributed by atoms with Crippen molar-refractivity contribution in [2.24, 2.45) is 0 Å². The first-order valence-corrected chi connectivity index (χ1v) is 11.5. The lowest BCUT2D eigenvalue weighted by atomic mass is 10.0. The molecule has 1 aromatic heterocycles. The third-order valence-corrected chi connectivity index (χ3v) is 6.63. The molecule has 0 atom stereocenters. The van der Waals surface area contributed by atoms with Crippen molar-refractivity contribution in [1.29, 1.82) is 0 Å². The predicted octanol–water partition coefficient (Wildman–Crippen LogP) is 1.99. The number of benzene rings is 1. The fraction of sp³-hybridized carbons (Fsp3) is 0.429. The van der Waals surface area contributed by atoms with Crippen LogP contribution in [0, 0.1) is 6.92 Å². The number of piperazine rings is 1. The standard InChI is InChI=1S/C21H27N3O4S/c1-15(2)17-6-5-7-18(14-17)24-9-8-16(3)19(21(24)26)20(25)22-10-12-23(13-11-22)29(4,27)28/h5-9,14-15H,10-13H2,1-4H3. The molecule has 1 aliphatic heterocycles. The minimum Gasteiger partial charge on any atom is -0.336 e. The van der Waals surface area contributed by atoms with Crippen LogP contribution in [0.25, 0.3) is 5.69 Å². The number of pyridine rings is 1. The molecule has 29 heavy (non-hydrogen) atoms. The molecule has 2 aromatic rings. The average Bonchev–Trinajstić information content (AvgIpc) is 2.67. The Bertz CT molecular complexity index is 1080. The highest BCUT2D eigenvalue weighted by Crippen LogP contribution is 2.18. The van der Waals surface area contributed by atoms with E-state index in [1.807, 2.05) is 24.3 Å². The van der Waals surface area contributed by atoms with E-state index in [4.69, 9.17) is 0 Å². The monoisotopic (exact) mass is 417 g/mol. The van der Waals surface area contributed by atoms with Crippen LogP contribution in [-0.4, -0.2) is 60.5 Å². The summed E-state index contributed by atoms with van der Waals surface area (Å²) in [4.78, 5) is 27.8. The molecule has 1 fully saturated rings. The molecule has 0 radical (unpaired) electrons. The zero-order valence-corrected chi connectivity index (χ0v) is 18.1. The van der Waals surface area contributed by atoms with Gasteiger partial charge in [0.25, 0.3) is 11.5 Å². The van der Waals surface area contributed by atoms with Gasteiger partial charge in [-0.05, 0) is 42.2 Å². The number of rotatable bonds is 4. The smallest absolute Gasteiger partial charge is 0.268 e. The number of hydrogen-bond donors (Lipinski definition) is 0. The SMILES string of the molecule is Cc1ccn(-c2cccc(C(C)C)c2)c(=O)c1C(=O)N1CCN(S(C)(=O)=O)CC1. The van der Waals surface area contributed by atoms with Crippen molar-refractivity contribution in [3.8, 4) is 5.69 Å². The second-order valence-corrected chi connectivity index (χ2v) is 9.74. The van der Waals surface area contributed by atoms with E-state index in [1.165, 1.54) is 8.87 Å². The van der Waals surface area contributed by atoms with Crippen LogP contribution in [0.1, 0.15) is 41.3 Å². The molecule has 0 N–H and O–H groups in total. The molecule has 8 heteroatoms. The van der Waals surface area contributed by atoms with Gasteiger partial charge in [-0.2, -0.15) is 4.31 Å². The first-order chi connectivity index (χ1) is 13.6. The highest BCUT2D eigenvalue weighted by Gasteiger charge is 2.29. The number of hydrogen-bond acceptors (Lipinski definition) is 4. The zero-order chi connectivity index (χ0) is 21.3. The van der Waals surface area contributed by atoms with Gasteiger partial charge in [0.05, 0.1) is 6.26 Å². The number of aromatic nitrogens is 1. The van der Waals surface area contributed by atoms with Gasteiger partial charge in [0, 0.05) is 38.1 Å². The van der Waals surface area contributed by atoms with Crippen LogP contribution < -0.4 is 5.56 Å². The second-order valence-electron chi connectivity index (χ2n) is 7.75. The molecular formula is C21H27N3O4S. The Morgan fingerprint density at radius 3 is 2.31 bits per heavy atom. The summed E-state index contributed by atoms with van der Waals surface area (Å²) in [6.45, 7) is 6.92. The molecule has 0 unspecified atom stereocenters. The maximum absolute atomic E-state index is 13.2. The lowest BCUT2D eigenvalue weighted by molar-refractivity contribution is 0.0695. The number of sulfonamides is 1. The van der Waals surface area contributed by atoms with Crippen LogP contribution in [0.5, 0.6) is 0 Å². The number of amides is 1. The van der Waals surface area contributed by atoms with Crippen molar-refractivity contribution in [3.05, 3.63) is 63.6 Å². The van der Waals surface area contributed by atoms with Gasteiger partial charge in [0.1, 0.15) is 5.56 Å². The summed E-state index contributed by atoms with van der Waals surface area (Å²) in [5.41, 5.74) is 2.22. The summed E-state index contributed by atoms with van der Waals surface area (Å²) in [5.74, 6) is -0.0293. The number of aryl methyl sites for hydroxylation is 1. The highest BCUT2D eigenvalue weighted by atomic mass is 32.2. The predicted molar refractivity (Wildman–Crippen MR) is 113 cm³/mol. The largest absolute Gasteiger partial charge is 0.336 e. The van der Waals surface area contributed by atoms with E-state index >= 15 is 0 Å². The van der Waals surface area contributed by atoms with Crippen molar-refractivity contribution in [3.63, 3.8) is 0 Å². The summed E-state index contributed by atoms with van der Waals surface area (Å²) >= 11 is 0. The third kappa shape index (κ3) is 4.43. The molecule has 7 nitrogen and oxygen atoms in total. The van der Waals surface area contributed by atoms with Crippen molar-refractivity contribution < 1.29 is 13.2 Å². The van der Waals surface area contributed by atoms with Crippen molar-refractivity contribution in [2.45, 2.75) is 26.7 Å². The van der Waals surface area contributed by atoms with E-state index in [-0.39, 0.29) is 43.2 Å². The van der Waals surface area contributed by atoms with Crippen LogP contribution in [0.2, 0.25) is 0 Å². The van der Waals surface area contributed by atoms with E-state index < -0.39 is 10.0 Å². The average molecular weight is 418 g/mol. The van der Waals surface area contributed by atoms with Gasteiger partial charge in [0.15, 0.2) is 0 Å². The minimum absolute atomic E-state index is 0.134. The molecule has 0 saturated carbocycles. The van der Waals surface area contributed by atoms with Gasteiger partial charge in [-0.3, -0.25) is 14.2 Å². The number of carbonyl (C=O) groups excluding carboxylic acids is 1. The van der Waals surface area contributed by atoms with Crippen molar-refractivity contribution >= 4 is 15.9 Å². The van der Waals surface area contributed by atoms with E-state index in [2.05, 4.69) is 13.8 Å². The molecular weight excluding hydrogens is 390 g/mol. The lowest BCUT2D eigenvalue weighted by Crippen LogP contribution is -2.51. The van der Waals surface area contributed by atoms with Crippen LogP contribution in [0.15, 0.2) is 41.3 Å². The van der Waals surface area contributed by atoms with Gasteiger partial charge in [-0.15, -0.1) is 0 Å². The molecule has 0 aliphatic carbocycles. The van der Waals surface area contributed by atoms with Crippen LogP contribution >= 0.6 is 0 Å². The summed E-state index contributed by atoms with van der Waals surface area (Å²) in [7, 11) is -3.28.